The molecule has 1 aliphatic carbocycles. The van der Waals surface area contributed by atoms with Gasteiger partial charge in [0.25, 0.3) is 0 Å². The molecule has 1 heterocycles. The van der Waals surface area contributed by atoms with Gasteiger partial charge in [0, 0.05) is 6.54 Å². The van der Waals surface area contributed by atoms with E-state index in [0.29, 0.717) is 0 Å². The maximum Gasteiger partial charge on any atom is 0.0882 e. The predicted octanol–water partition coefficient (Wildman–Crippen LogP) is 2.85. The van der Waals surface area contributed by atoms with Crippen molar-refractivity contribution in [3.63, 3.8) is 0 Å². The molecule has 0 saturated heterocycles. The smallest absolute Gasteiger partial charge is 0.0882 e. The van der Waals surface area contributed by atoms with E-state index in [1.807, 2.05) is 11.4 Å². The van der Waals surface area contributed by atoms with Crippen LogP contribution in [-0.4, -0.2) is 6.54 Å². The van der Waals surface area contributed by atoms with E-state index >= 15 is 0 Å². The highest BCUT2D eigenvalue weighted by molar-refractivity contribution is 7.14. The van der Waals surface area contributed by atoms with Gasteiger partial charge in [0.05, 0.1) is 16.5 Å². The van der Waals surface area contributed by atoms with Crippen LogP contribution in [-0.2, 0) is 0 Å². The van der Waals surface area contributed by atoms with Crippen LogP contribution in [0, 0.1) is 16.7 Å². The maximum absolute atomic E-state index is 8.98. The standard InChI is InChI=1S/C10H12N2S/c11-7-10(4-2-5-10)8-12-9-3-1-6-13-9/h1,3,6,12H,2,4-5,8H2. The summed E-state index contributed by atoms with van der Waals surface area (Å²) in [7, 11) is 0. The van der Waals surface area contributed by atoms with Crippen LogP contribution in [0.25, 0.3) is 0 Å². The van der Waals surface area contributed by atoms with Gasteiger partial charge in [-0.2, -0.15) is 5.26 Å². The molecule has 1 saturated carbocycles. The van der Waals surface area contributed by atoms with Gasteiger partial charge < -0.3 is 5.32 Å². The Morgan fingerprint density at radius 3 is 2.92 bits per heavy atom. The van der Waals surface area contributed by atoms with Crippen molar-refractivity contribution >= 4 is 16.3 Å². The highest BCUT2D eigenvalue weighted by Crippen LogP contribution is 2.40. The molecule has 0 unspecified atom stereocenters. The number of anilines is 1. The first-order chi connectivity index (χ1) is 6.35. The predicted molar refractivity (Wildman–Crippen MR) is 54.7 cm³/mol. The molecule has 0 bridgehead atoms. The van der Waals surface area contributed by atoms with Gasteiger partial charge in [-0.1, -0.05) is 6.42 Å². The van der Waals surface area contributed by atoms with Crippen LogP contribution in [0.15, 0.2) is 17.5 Å². The average Bonchev–Trinajstić information content (AvgIpc) is 2.56. The number of nitrogens with zero attached hydrogens (tertiary/aromatic N) is 1. The molecule has 3 heteroatoms. The Morgan fingerprint density at radius 1 is 1.62 bits per heavy atom. The van der Waals surface area contributed by atoms with E-state index in [1.165, 1.54) is 11.4 Å². The molecule has 2 nitrogen and oxygen atoms in total. The number of thiophene rings is 1. The van der Waals surface area contributed by atoms with E-state index in [9.17, 15) is 0 Å². The van der Waals surface area contributed by atoms with Crippen molar-refractivity contribution in [2.75, 3.05) is 11.9 Å². The zero-order valence-electron chi connectivity index (χ0n) is 7.42. The molecular formula is C10H12N2S. The topological polar surface area (TPSA) is 35.8 Å². The summed E-state index contributed by atoms with van der Waals surface area (Å²) < 4.78 is 0. The van der Waals surface area contributed by atoms with Crippen molar-refractivity contribution < 1.29 is 0 Å². The second-order valence-corrected chi connectivity index (χ2v) is 4.52. The largest absolute Gasteiger partial charge is 0.375 e. The SMILES string of the molecule is N#CC1(CNc2cccs2)CCC1. The Morgan fingerprint density at radius 2 is 2.46 bits per heavy atom. The lowest BCUT2D eigenvalue weighted by Gasteiger charge is -2.35. The fourth-order valence-electron chi connectivity index (χ4n) is 1.57. The number of rotatable bonds is 3. The summed E-state index contributed by atoms with van der Waals surface area (Å²) in [6, 6.07) is 6.49. The summed E-state index contributed by atoms with van der Waals surface area (Å²) in [6.45, 7) is 0.810. The molecule has 0 aromatic carbocycles. The zero-order chi connectivity index (χ0) is 9.15. The molecule has 0 atom stereocenters. The number of hydrogen-bond donors (Lipinski definition) is 1. The van der Waals surface area contributed by atoms with Gasteiger partial charge in [-0.05, 0) is 30.4 Å². The maximum atomic E-state index is 8.98. The van der Waals surface area contributed by atoms with Gasteiger partial charge in [0.2, 0.25) is 0 Å². The minimum absolute atomic E-state index is 0.0655. The molecule has 13 heavy (non-hydrogen) atoms. The molecule has 0 radical (unpaired) electrons. The molecule has 1 fully saturated rings. The molecule has 1 aromatic rings. The zero-order valence-corrected chi connectivity index (χ0v) is 8.23. The van der Waals surface area contributed by atoms with Crippen LogP contribution in [0.1, 0.15) is 19.3 Å². The molecule has 0 spiro atoms. The average molecular weight is 192 g/mol. The van der Waals surface area contributed by atoms with Gasteiger partial charge in [-0.3, -0.25) is 0 Å². The number of nitrogens with one attached hydrogen (secondary N) is 1. The van der Waals surface area contributed by atoms with E-state index in [2.05, 4.69) is 17.5 Å². The molecule has 1 N–H and O–H groups in total. The van der Waals surface area contributed by atoms with E-state index in [0.717, 1.165) is 19.4 Å². The highest BCUT2D eigenvalue weighted by atomic mass is 32.1. The highest BCUT2D eigenvalue weighted by Gasteiger charge is 2.36. The summed E-state index contributed by atoms with van der Waals surface area (Å²) in [4.78, 5) is 0. The lowest BCUT2D eigenvalue weighted by Crippen LogP contribution is -2.34. The molecule has 68 valence electrons. The van der Waals surface area contributed by atoms with Crippen molar-refractivity contribution in [2.24, 2.45) is 5.41 Å². The minimum atomic E-state index is -0.0655. The number of hydrogen-bond acceptors (Lipinski definition) is 3. The molecule has 1 aromatic heterocycles. The third-order valence-corrected chi connectivity index (χ3v) is 3.50. The fourth-order valence-corrected chi connectivity index (χ4v) is 2.18. The monoisotopic (exact) mass is 192 g/mol. The molecular weight excluding hydrogens is 180 g/mol. The molecule has 0 amide bonds. The second-order valence-electron chi connectivity index (χ2n) is 3.58. The van der Waals surface area contributed by atoms with Crippen molar-refractivity contribution in [1.29, 1.82) is 5.26 Å². The first-order valence-electron chi connectivity index (χ1n) is 4.53. The number of nitriles is 1. The Balaban J connectivity index is 1.89. The van der Waals surface area contributed by atoms with Crippen LogP contribution in [0.5, 0.6) is 0 Å². The van der Waals surface area contributed by atoms with Gasteiger partial charge in [-0.25, -0.2) is 0 Å². The van der Waals surface area contributed by atoms with E-state index < -0.39 is 0 Å². The fraction of sp³-hybridized carbons (Fsp3) is 0.500. The van der Waals surface area contributed by atoms with Crippen molar-refractivity contribution in [2.45, 2.75) is 19.3 Å². The summed E-state index contributed by atoms with van der Waals surface area (Å²) in [5, 5.41) is 15.5. The van der Waals surface area contributed by atoms with Crippen LogP contribution in [0.4, 0.5) is 5.00 Å². The van der Waals surface area contributed by atoms with E-state index in [1.54, 1.807) is 11.3 Å². The minimum Gasteiger partial charge on any atom is -0.375 e. The van der Waals surface area contributed by atoms with Gasteiger partial charge in [-0.15, -0.1) is 11.3 Å². The van der Waals surface area contributed by atoms with Crippen LogP contribution in [0.3, 0.4) is 0 Å². The summed E-state index contributed by atoms with van der Waals surface area (Å²) in [6.07, 6.45) is 3.32. The Bertz CT molecular complexity index is 306. The van der Waals surface area contributed by atoms with Crippen molar-refractivity contribution in [3.05, 3.63) is 17.5 Å². The van der Waals surface area contributed by atoms with Gasteiger partial charge in [0.1, 0.15) is 0 Å². The van der Waals surface area contributed by atoms with Crippen LogP contribution >= 0.6 is 11.3 Å². The third kappa shape index (κ3) is 1.68. The molecule has 1 aliphatic rings. The first kappa shape index (κ1) is 8.58. The van der Waals surface area contributed by atoms with Gasteiger partial charge >= 0.3 is 0 Å². The quantitative estimate of drug-likeness (QED) is 0.799. The van der Waals surface area contributed by atoms with Crippen LogP contribution < -0.4 is 5.32 Å². The Kier molecular flexibility index (Phi) is 2.24. The summed E-state index contributed by atoms with van der Waals surface area (Å²) >= 11 is 1.69. The molecule has 0 aliphatic heterocycles. The molecule has 2 rings (SSSR count). The van der Waals surface area contributed by atoms with E-state index in [-0.39, 0.29) is 5.41 Å². The Labute approximate surface area is 82.2 Å². The second kappa shape index (κ2) is 3.39. The van der Waals surface area contributed by atoms with Crippen molar-refractivity contribution in [1.82, 2.24) is 0 Å². The third-order valence-electron chi connectivity index (χ3n) is 2.67. The summed E-state index contributed by atoms with van der Waals surface area (Å²) in [5.41, 5.74) is -0.0655. The van der Waals surface area contributed by atoms with Crippen molar-refractivity contribution in [3.8, 4) is 6.07 Å². The van der Waals surface area contributed by atoms with E-state index in [4.69, 9.17) is 5.26 Å². The first-order valence-corrected chi connectivity index (χ1v) is 5.41. The normalized spacial score (nSPS) is 18.7. The Hall–Kier alpha value is -1.01. The summed E-state index contributed by atoms with van der Waals surface area (Å²) in [5.74, 6) is 0. The lowest BCUT2D eigenvalue weighted by atomic mass is 9.70. The van der Waals surface area contributed by atoms with Crippen LogP contribution in [0.2, 0.25) is 0 Å². The van der Waals surface area contributed by atoms with Gasteiger partial charge in [0.15, 0.2) is 0 Å². The lowest BCUT2D eigenvalue weighted by molar-refractivity contribution is 0.233.